The minimum atomic E-state index is -0.710. The quantitative estimate of drug-likeness (QED) is 0.337. The van der Waals surface area contributed by atoms with Gasteiger partial charge in [0, 0.05) is 9.16 Å². The van der Waals surface area contributed by atoms with Crippen molar-refractivity contribution in [3.8, 4) is 0 Å². The van der Waals surface area contributed by atoms with Gasteiger partial charge in [-0.3, -0.25) is 4.79 Å². The van der Waals surface area contributed by atoms with Crippen molar-refractivity contribution in [2.45, 2.75) is 110 Å². The van der Waals surface area contributed by atoms with Crippen LogP contribution in [0.2, 0.25) is 0 Å². The lowest BCUT2D eigenvalue weighted by Crippen LogP contribution is -1.93. The Morgan fingerprint density at radius 1 is 0.750 bits per heavy atom. The summed E-state index contributed by atoms with van der Waals surface area (Å²) < 4.78 is 16.1. The first kappa shape index (κ1) is 15.9. The topological polar surface area (TPSA) is 37.3 Å². The van der Waals surface area contributed by atoms with Crippen LogP contribution in [0, 0.1) is 0 Å². The highest BCUT2D eigenvalue weighted by molar-refractivity contribution is 5.66. The normalized spacial score (nSPS) is 15.4. The molecule has 0 saturated carbocycles. The van der Waals surface area contributed by atoms with Crippen molar-refractivity contribution >= 4 is 5.97 Å². The van der Waals surface area contributed by atoms with Gasteiger partial charge in [-0.25, -0.2) is 0 Å². The van der Waals surface area contributed by atoms with E-state index in [1.54, 1.807) is 0 Å². The SMILES string of the molecule is [3H]C(CCCCCCCC)C([3H])CCCCCCCC(=O)O. The van der Waals surface area contributed by atoms with E-state index >= 15 is 0 Å². The maximum Gasteiger partial charge on any atom is 0.303 e. The van der Waals surface area contributed by atoms with Crippen LogP contribution in [0.3, 0.4) is 0 Å². The molecule has 0 heterocycles. The van der Waals surface area contributed by atoms with Crippen LogP contribution in [0.15, 0.2) is 0 Å². The molecule has 120 valence electrons. The summed E-state index contributed by atoms with van der Waals surface area (Å²) >= 11 is 0. The predicted molar refractivity (Wildman–Crippen MR) is 87.2 cm³/mol. The van der Waals surface area contributed by atoms with Crippen molar-refractivity contribution in [1.82, 2.24) is 0 Å². The molecule has 0 rings (SSSR count). The Kier molecular flexibility index (Phi) is 13.1. The van der Waals surface area contributed by atoms with E-state index in [0.717, 1.165) is 51.4 Å². The van der Waals surface area contributed by atoms with Gasteiger partial charge in [0.25, 0.3) is 0 Å². The van der Waals surface area contributed by atoms with Crippen LogP contribution in [0.5, 0.6) is 0 Å². The van der Waals surface area contributed by atoms with E-state index in [-0.39, 0.29) is 19.2 Å². The number of unbranched alkanes of at least 4 members (excludes halogenated alkanes) is 9. The molecule has 0 saturated heterocycles. The van der Waals surface area contributed by atoms with Gasteiger partial charge < -0.3 is 5.11 Å². The average Bonchev–Trinajstić information content (AvgIpc) is 2.49. The first-order valence-electron chi connectivity index (χ1n) is 9.79. The Labute approximate surface area is 129 Å². The third-order valence-electron chi connectivity index (χ3n) is 3.65. The second-order valence-electron chi connectivity index (χ2n) is 5.73. The van der Waals surface area contributed by atoms with Crippen LogP contribution in [0.1, 0.15) is 112 Å². The summed E-state index contributed by atoms with van der Waals surface area (Å²) in [4.78, 5) is 10.4. The molecule has 0 bridgehead atoms. The number of hydrogen-bond donors (Lipinski definition) is 1. The Bertz CT molecular complexity index is 259. The molecule has 0 fully saturated rings. The number of aliphatic carboxylic acids is 1. The maximum absolute atomic E-state index is 10.4. The molecule has 2 heteroatoms. The molecule has 20 heavy (non-hydrogen) atoms. The van der Waals surface area contributed by atoms with Crippen molar-refractivity contribution < 1.29 is 12.6 Å². The van der Waals surface area contributed by atoms with Crippen LogP contribution >= 0.6 is 0 Å². The first-order valence-corrected chi connectivity index (χ1v) is 8.64. The first-order chi connectivity index (χ1) is 10.6. The van der Waals surface area contributed by atoms with Gasteiger partial charge in [-0.2, -0.15) is 0 Å². The Morgan fingerprint density at radius 3 is 1.60 bits per heavy atom. The minimum absolute atomic E-state index is 0.224. The highest BCUT2D eigenvalue weighted by Gasteiger charge is 1.97. The fourth-order valence-corrected chi connectivity index (χ4v) is 2.35. The molecule has 0 radical (unpaired) electrons. The largest absolute Gasteiger partial charge is 0.481 e. The molecular formula is C18H36O2. The van der Waals surface area contributed by atoms with E-state index < -0.39 is 5.97 Å². The van der Waals surface area contributed by atoms with Crippen LogP contribution in [-0.2, 0) is 4.79 Å². The highest BCUT2D eigenvalue weighted by Crippen LogP contribution is 2.13. The lowest BCUT2D eigenvalue weighted by atomic mass is 10.0. The molecule has 2 atom stereocenters. The number of carboxylic acids is 1. The van der Waals surface area contributed by atoms with Gasteiger partial charge in [-0.1, -0.05) is 96.8 Å². The van der Waals surface area contributed by atoms with Gasteiger partial charge >= 0.3 is 5.97 Å². The molecule has 0 aliphatic heterocycles. The van der Waals surface area contributed by atoms with Crippen molar-refractivity contribution in [1.29, 1.82) is 0 Å². The lowest BCUT2D eigenvalue weighted by Gasteiger charge is -2.03. The van der Waals surface area contributed by atoms with E-state index in [0.29, 0.717) is 0 Å². The third kappa shape index (κ3) is 17.5. The monoisotopic (exact) mass is 288 g/mol. The summed E-state index contributed by atoms with van der Waals surface area (Å²) in [5.74, 6) is -0.710. The minimum Gasteiger partial charge on any atom is -0.481 e. The highest BCUT2D eigenvalue weighted by atomic mass is 16.4. The van der Waals surface area contributed by atoms with Crippen molar-refractivity contribution in [3.63, 3.8) is 0 Å². The molecule has 2 nitrogen and oxygen atoms in total. The predicted octanol–water partition coefficient (Wildman–Crippen LogP) is 6.33. The molecule has 2 unspecified atom stereocenters. The van der Waals surface area contributed by atoms with E-state index in [1.165, 1.54) is 32.1 Å². The zero-order chi connectivity index (χ0) is 16.6. The second kappa shape index (κ2) is 16.5. The Morgan fingerprint density at radius 2 is 1.15 bits per heavy atom. The lowest BCUT2D eigenvalue weighted by molar-refractivity contribution is -0.137. The van der Waals surface area contributed by atoms with Crippen LogP contribution in [0.4, 0.5) is 0 Å². The van der Waals surface area contributed by atoms with Gasteiger partial charge in [0.15, 0.2) is 0 Å². The Hall–Kier alpha value is -0.530. The van der Waals surface area contributed by atoms with Gasteiger partial charge in [0.1, 0.15) is 0 Å². The molecule has 0 aromatic heterocycles. The molecule has 0 aromatic rings. The average molecular weight is 289 g/mol. The number of hydrogen-bond acceptors (Lipinski definition) is 1. The van der Waals surface area contributed by atoms with E-state index in [2.05, 4.69) is 6.92 Å². The Balaban J connectivity index is 3.38. The zero-order valence-electron chi connectivity index (χ0n) is 15.4. The third-order valence-corrected chi connectivity index (χ3v) is 3.65. The molecule has 0 aromatic carbocycles. The summed E-state index contributed by atoms with van der Waals surface area (Å²) in [6, 6.07) is 0. The molecular weight excluding hydrogens is 248 g/mol. The van der Waals surface area contributed by atoms with Crippen molar-refractivity contribution in [3.05, 3.63) is 0 Å². The number of rotatable bonds is 16. The summed E-state index contributed by atoms with van der Waals surface area (Å²) in [6.45, 7) is 2.22. The summed E-state index contributed by atoms with van der Waals surface area (Å²) in [6.07, 6.45) is 13.9. The van der Waals surface area contributed by atoms with E-state index in [1.807, 2.05) is 0 Å². The standard InChI is InChI=1S/C18H36O2/c1-2-3-4-5-6-7-8-9-10-11-12-13-14-15-16-17-18(19)20/h2-17H2,1H3,(H,19,20)/i9T,10T. The van der Waals surface area contributed by atoms with Crippen molar-refractivity contribution in [2.75, 3.05) is 0 Å². The fourth-order valence-electron chi connectivity index (χ4n) is 2.35. The van der Waals surface area contributed by atoms with E-state index in [4.69, 9.17) is 7.85 Å². The summed E-state index contributed by atoms with van der Waals surface area (Å²) in [7, 11) is 0. The van der Waals surface area contributed by atoms with Crippen LogP contribution < -0.4 is 0 Å². The molecule has 1 N–H and O–H groups in total. The van der Waals surface area contributed by atoms with Crippen LogP contribution in [0.25, 0.3) is 0 Å². The van der Waals surface area contributed by atoms with Crippen molar-refractivity contribution in [2.24, 2.45) is 0 Å². The van der Waals surface area contributed by atoms with Gasteiger partial charge in [0.2, 0.25) is 0 Å². The molecule has 0 aliphatic carbocycles. The molecule has 0 spiro atoms. The van der Waals surface area contributed by atoms with Crippen LogP contribution in [-0.4, -0.2) is 11.1 Å². The number of carboxylic acid groups (broad SMARTS) is 1. The van der Waals surface area contributed by atoms with Gasteiger partial charge in [0.05, 0.1) is 0 Å². The summed E-state index contributed by atoms with van der Waals surface area (Å²) in [5.41, 5.74) is 0. The fraction of sp³-hybridized carbons (Fsp3) is 0.944. The smallest absolute Gasteiger partial charge is 0.303 e. The number of carbonyl (C=O) groups is 1. The summed E-state index contributed by atoms with van der Waals surface area (Å²) in [5, 5.41) is 8.54. The van der Waals surface area contributed by atoms with Gasteiger partial charge in [-0.15, -0.1) is 0 Å². The maximum atomic E-state index is 10.4. The molecule has 0 aliphatic rings. The molecule has 0 amide bonds. The van der Waals surface area contributed by atoms with Gasteiger partial charge in [-0.05, 0) is 6.42 Å². The zero-order valence-corrected chi connectivity index (χ0v) is 13.4. The van der Waals surface area contributed by atoms with E-state index in [9.17, 15) is 4.79 Å². The second-order valence-corrected chi connectivity index (χ2v) is 5.73.